The Kier molecular flexibility index (Phi) is 7.13. The van der Waals surface area contributed by atoms with Crippen LogP contribution in [0, 0.1) is 12.1 Å². The minimum atomic E-state index is -2.37. The molecule has 0 aliphatic heterocycles. The SMILES string of the molecule is CC(C)[Si](c1[c-]c(-c2ccccn2)ccc1)(c1[c-]c2c3ncccc3c3nc4ccccc4n3c2cc1)C(C)C.[Pt+2]. The Hall–Kier alpha value is -3.66. The molecule has 0 aliphatic carbocycles. The Labute approximate surface area is 255 Å². The molecule has 4 nitrogen and oxygen atoms in total. The van der Waals surface area contributed by atoms with E-state index in [1.54, 1.807) is 0 Å². The Balaban J connectivity index is 0.00000302. The molecule has 0 aliphatic rings. The number of rotatable bonds is 5. The third-order valence-electron chi connectivity index (χ3n) is 8.46. The first-order valence-corrected chi connectivity index (χ1v) is 16.1. The largest absolute Gasteiger partial charge is 2.00 e. The van der Waals surface area contributed by atoms with Crippen molar-refractivity contribution >= 4 is 56.9 Å². The van der Waals surface area contributed by atoms with Crippen LogP contribution in [0.4, 0.5) is 0 Å². The molecule has 0 N–H and O–H groups in total. The first-order valence-electron chi connectivity index (χ1n) is 13.9. The average Bonchev–Trinajstić information content (AvgIpc) is 3.38. The Morgan fingerprint density at radius 1 is 0.683 bits per heavy atom. The second-order valence-electron chi connectivity index (χ2n) is 11.2. The molecular weight excluding hydrogens is 700 g/mol. The van der Waals surface area contributed by atoms with Crippen LogP contribution in [0.15, 0.2) is 97.3 Å². The topological polar surface area (TPSA) is 43.1 Å². The minimum absolute atomic E-state index is 0. The molecule has 0 bridgehead atoms. The van der Waals surface area contributed by atoms with Gasteiger partial charge in [-0.3, -0.25) is 0 Å². The fourth-order valence-electron chi connectivity index (χ4n) is 6.77. The van der Waals surface area contributed by atoms with Gasteiger partial charge in [0.25, 0.3) is 0 Å². The van der Waals surface area contributed by atoms with Gasteiger partial charge in [-0.25, -0.2) is 4.98 Å². The van der Waals surface area contributed by atoms with Gasteiger partial charge in [-0.15, -0.1) is 63.8 Å². The summed E-state index contributed by atoms with van der Waals surface area (Å²) in [6.45, 7) is 9.48. The van der Waals surface area contributed by atoms with Crippen LogP contribution in [0.2, 0.25) is 11.1 Å². The zero-order valence-electron chi connectivity index (χ0n) is 23.5. The summed E-state index contributed by atoms with van der Waals surface area (Å²) in [4.78, 5) is 14.5. The molecule has 7 aromatic rings. The average molecular weight is 730 g/mol. The predicted molar refractivity (Wildman–Crippen MR) is 168 cm³/mol. The Bertz CT molecular complexity index is 2020. The zero-order valence-corrected chi connectivity index (χ0v) is 26.8. The molecule has 0 saturated carbocycles. The van der Waals surface area contributed by atoms with Crippen molar-refractivity contribution < 1.29 is 21.1 Å². The smallest absolute Gasteiger partial charge is 0.335 e. The van der Waals surface area contributed by atoms with Crippen LogP contribution in [0.5, 0.6) is 0 Å². The van der Waals surface area contributed by atoms with Crippen molar-refractivity contribution in [2.24, 2.45) is 0 Å². The maximum absolute atomic E-state index is 5.01. The van der Waals surface area contributed by atoms with Crippen molar-refractivity contribution in [3.8, 4) is 11.3 Å². The van der Waals surface area contributed by atoms with Crippen LogP contribution >= 0.6 is 0 Å². The van der Waals surface area contributed by atoms with E-state index in [0.29, 0.717) is 11.1 Å². The van der Waals surface area contributed by atoms with Gasteiger partial charge in [-0.05, 0) is 46.6 Å². The third kappa shape index (κ3) is 4.17. The number of imidazole rings is 1. The van der Waals surface area contributed by atoms with Gasteiger partial charge in [0.15, 0.2) is 0 Å². The molecule has 0 fully saturated rings. The van der Waals surface area contributed by atoms with Crippen LogP contribution in [0.25, 0.3) is 49.7 Å². The second kappa shape index (κ2) is 10.6. The van der Waals surface area contributed by atoms with E-state index in [4.69, 9.17) is 9.97 Å². The van der Waals surface area contributed by atoms with E-state index >= 15 is 0 Å². The Morgan fingerprint density at radius 2 is 1.44 bits per heavy atom. The van der Waals surface area contributed by atoms with Gasteiger partial charge in [0, 0.05) is 23.3 Å². The monoisotopic (exact) mass is 729 g/mol. The molecule has 3 aromatic carbocycles. The number of pyridine rings is 3. The van der Waals surface area contributed by atoms with E-state index in [9.17, 15) is 0 Å². The number of para-hydroxylation sites is 2. The number of fused-ring (bicyclic) bond motifs is 8. The van der Waals surface area contributed by atoms with Gasteiger partial charge < -0.3 is 14.4 Å². The van der Waals surface area contributed by atoms with E-state index in [0.717, 1.165) is 49.7 Å². The molecule has 0 unspecified atom stereocenters. The molecular formula is C35H30N4PtSi. The molecule has 204 valence electrons. The van der Waals surface area contributed by atoms with Crippen molar-refractivity contribution in [2.45, 2.75) is 38.8 Å². The fraction of sp³-hybridized carbons (Fsp3) is 0.171. The van der Waals surface area contributed by atoms with Gasteiger partial charge in [-0.1, -0.05) is 58.0 Å². The maximum atomic E-state index is 5.01. The number of hydrogen-bond acceptors (Lipinski definition) is 3. The predicted octanol–water partition coefficient (Wildman–Crippen LogP) is 7.23. The van der Waals surface area contributed by atoms with Gasteiger partial charge in [0.2, 0.25) is 0 Å². The summed E-state index contributed by atoms with van der Waals surface area (Å²) in [5.74, 6) is 0. The van der Waals surface area contributed by atoms with Crippen LogP contribution < -0.4 is 10.4 Å². The van der Waals surface area contributed by atoms with Crippen LogP contribution in [-0.4, -0.2) is 27.4 Å². The minimum Gasteiger partial charge on any atom is -0.335 e. The first-order chi connectivity index (χ1) is 19.5. The normalized spacial score (nSPS) is 12.1. The molecule has 0 spiro atoms. The van der Waals surface area contributed by atoms with Crippen LogP contribution in [0.3, 0.4) is 0 Å². The molecule has 7 rings (SSSR count). The number of nitrogens with zero attached hydrogens (tertiary/aromatic N) is 4. The van der Waals surface area contributed by atoms with E-state index in [-0.39, 0.29) is 21.1 Å². The molecule has 4 heterocycles. The van der Waals surface area contributed by atoms with E-state index in [1.807, 2.05) is 36.7 Å². The maximum Gasteiger partial charge on any atom is 2.00 e. The third-order valence-corrected chi connectivity index (χ3v) is 14.5. The molecule has 6 heteroatoms. The summed E-state index contributed by atoms with van der Waals surface area (Å²) in [5, 5.41) is 4.67. The summed E-state index contributed by atoms with van der Waals surface area (Å²) in [5.41, 5.74) is 7.89. The van der Waals surface area contributed by atoms with Gasteiger partial charge in [0.05, 0.1) is 19.1 Å². The first kappa shape index (κ1) is 27.5. The van der Waals surface area contributed by atoms with Crippen LogP contribution in [-0.2, 0) is 21.1 Å². The summed E-state index contributed by atoms with van der Waals surface area (Å²) in [7, 11) is -2.37. The standard InChI is InChI=1S/C35H30N4Si.Pt/c1-23(2)40(24(3)4,26-12-9-11-25(21-26)30-14-7-8-19-36-30)27-17-18-32-29(22-27)34-28(13-10-20-37-34)35-38-31-15-5-6-16-33(31)39(32)35;/h5-20,23-24H,1-4H3;/q-2;+2. The van der Waals surface area contributed by atoms with Gasteiger partial charge in [0.1, 0.15) is 5.65 Å². The number of aromatic nitrogens is 4. The summed E-state index contributed by atoms with van der Waals surface area (Å²) in [6.07, 6.45) is 3.72. The van der Waals surface area contributed by atoms with Crippen molar-refractivity contribution in [1.82, 2.24) is 19.4 Å². The van der Waals surface area contributed by atoms with Crippen LogP contribution in [0.1, 0.15) is 27.7 Å². The van der Waals surface area contributed by atoms with Gasteiger partial charge >= 0.3 is 21.1 Å². The van der Waals surface area contributed by atoms with E-state index in [2.05, 4.69) is 110 Å². The quantitative estimate of drug-likeness (QED) is 0.107. The summed E-state index contributed by atoms with van der Waals surface area (Å²) < 4.78 is 2.27. The molecule has 0 amide bonds. The fourth-order valence-corrected chi connectivity index (χ4v) is 12.3. The van der Waals surface area contributed by atoms with Crippen molar-refractivity contribution in [3.63, 3.8) is 0 Å². The number of benzene rings is 3. The van der Waals surface area contributed by atoms with E-state index in [1.165, 1.54) is 10.4 Å². The second-order valence-corrected chi connectivity index (χ2v) is 16.3. The molecule has 0 atom stereocenters. The van der Waals surface area contributed by atoms with E-state index < -0.39 is 8.07 Å². The Morgan fingerprint density at radius 3 is 2.22 bits per heavy atom. The molecule has 0 saturated heterocycles. The zero-order chi connectivity index (χ0) is 27.4. The summed E-state index contributed by atoms with van der Waals surface area (Å²) >= 11 is 0. The summed E-state index contributed by atoms with van der Waals surface area (Å²) in [6, 6.07) is 37.5. The van der Waals surface area contributed by atoms with Gasteiger partial charge in [-0.2, -0.15) is 0 Å². The van der Waals surface area contributed by atoms with Crippen molar-refractivity contribution in [1.29, 1.82) is 0 Å². The molecule has 41 heavy (non-hydrogen) atoms. The number of hydrogen-bond donors (Lipinski definition) is 0. The molecule has 0 radical (unpaired) electrons. The molecule has 4 aromatic heterocycles. The van der Waals surface area contributed by atoms with Crippen molar-refractivity contribution in [2.75, 3.05) is 0 Å². The van der Waals surface area contributed by atoms with Crippen molar-refractivity contribution in [3.05, 3.63) is 109 Å².